The molecule has 12 rings (SSSR count). The summed E-state index contributed by atoms with van der Waals surface area (Å²) in [5.74, 6) is 0.771. The lowest BCUT2D eigenvalue weighted by atomic mass is 9.63. The molecule has 2 amide bonds. The van der Waals surface area contributed by atoms with Crippen molar-refractivity contribution < 1.29 is 28.0 Å². The first-order chi connectivity index (χ1) is 34.3. The number of nitrogens with zero attached hydrogens (tertiary/aromatic N) is 10. The Bertz CT molecular complexity index is 3150. The number of halogens is 1. The van der Waals surface area contributed by atoms with Crippen molar-refractivity contribution in [3.05, 3.63) is 74.8 Å². The Morgan fingerprint density at radius 3 is 2.42 bits per heavy atom. The van der Waals surface area contributed by atoms with E-state index < -0.39 is 11.3 Å². The van der Waals surface area contributed by atoms with Crippen molar-refractivity contribution in [2.24, 2.45) is 17.9 Å². The van der Waals surface area contributed by atoms with E-state index in [9.17, 15) is 14.9 Å². The summed E-state index contributed by atoms with van der Waals surface area (Å²) >= 11 is 1.52. The minimum atomic E-state index is -0.582. The minimum absolute atomic E-state index is 0.000546. The molecular weight excluding hydrogens is 924 g/mol. The van der Waals surface area contributed by atoms with E-state index in [1.165, 1.54) is 23.7 Å². The molecule has 71 heavy (non-hydrogen) atoms. The van der Waals surface area contributed by atoms with Gasteiger partial charge < -0.3 is 29.5 Å². The lowest BCUT2D eigenvalue weighted by Crippen LogP contribution is -2.48. The molecule has 17 nitrogen and oxygen atoms in total. The number of piperidine rings is 3. The summed E-state index contributed by atoms with van der Waals surface area (Å²) < 4.78 is 37.1. The topological polar surface area (TPSA) is 216 Å². The van der Waals surface area contributed by atoms with Gasteiger partial charge in [0.25, 0.3) is 0 Å². The van der Waals surface area contributed by atoms with Gasteiger partial charge in [0.15, 0.2) is 23.0 Å². The molecule has 1 unspecified atom stereocenters. The number of benzene rings is 1. The highest BCUT2D eigenvalue weighted by atomic mass is 32.1. The number of rotatable bonds is 10. The van der Waals surface area contributed by atoms with Crippen LogP contribution in [0.5, 0.6) is 17.5 Å². The van der Waals surface area contributed by atoms with Gasteiger partial charge in [0.2, 0.25) is 23.6 Å². The Morgan fingerprint density at radius 1 is 0.958 bits per heavy atom. The first-order valence-corrected chi connectivity index (χ1v) is 25.9. The molecule has 1 saturated carbocycles. The molecule has 8 heterocycles. The van der Waals surface area contributed by atoms with Crippen LogP contribution < -0.4 is 25.4 Å². The van der Waals surface area contributed by atoms with Crippen molar-refractivity contribution in [2.45, 2.75) is 115 Å². The molecule has 6 aromatic rings. The average molecular weight is 981 g/mol. The van der Waals surface area contributed by atoms with Crippen LogP contribution in [0.25, 0.3) is 22.4 Å². The fourth-order valence-electron chi connectivity index (χ4n) is 12.6. The van der Waals surface area contributed by atoms with Crippen molar-refractivity contribution in [2.75, 3.05) is 50.0 Å². The highest BCUT2D eigenvalue weighted by Gasteiger charge is 2.50. The third-order valence-electron chi connectivity index (χ3n) is 16.8. The van der Waals surface area contributed by atoms with Gasteiger partial charge in [-0.1, -0.05) is 5.16 Å². The predicted molar refractivity (Wildman–Crippen MR) is 262 cm³/mol. The van der Waals surface area contributed by atoms with Crippen LogP contribution >= 0.6 is 11.3 Å². The van der Waals surface area contributed by atoms with Crippen molar-refractivity contribution in [1.29, 1.82) is 5.26 Å². The van der Waals surface area contributed by atoms with Gasteiger partial charge in [0.1, 0.15) is 23.2 Å². The lowest BCUT2D eigenvalue weighted by Gasteiger charge is -2.48. The third-order valence-corrected chi connectivity index (χ3v) is 17.8. The summed E-state index contributed by atoms with van der Waals surface area (Å²) in [5.41, 5.74) is 12.5. The van der Waals surface area contributed by atoms with Gasteiger partial charge in [-0.2, -0.15) is 20.3 Å². The van der Waals surface area contributed by atoms with Gasteiger partial charge in [-0.15, -0.1) is 11.3 Å². The molecule has 2 spiro atoms. The molecule has 3 saturated heterocycles. The molecule has 4 fully saturated rings. The molecule has 0 bridgehead atoms. The van der Waals surface area contributed by atoms with Crippen LogP contribution in [0.4, 0.5) is 15.1 Å². The summed E-state index contributed by atoms with van der Waals surface area (Å²) in [4.78, 5) is 49.1. The van der Waals surface area contributed by atoms with Crippen LogP contribution in [0, 0.1) is 41.8 Å². The fourth-order valence-corrected chi connectivity index (χ4v) is 13.7. The highest BCUT2D eigenvalue weighted by Crippen LogP contribution is 2.56. The average Bonchev–Trinajstić information content (AvgIpc) is 3.65. The molecule has 3 aliphatic heterocycles. The third kappa shape index (κ3) is 7.97. The highest BCUT2D eigenvalue weighted by molar-refractivity contribution is 7.16. The zero-order valence-electron chi connectivity index (χ0n) is 40.4. The van der Waals surface area contributed by atoms with Crippen LogP contribution in [0.3, 0.4) is 0 Å². The van der Waals surface area contributed by atoms with Crippen molar-refractivity contribution in [3.8, 4) is 35.1 Å². The molecule has 6 aliphatic rings. The van der Waals surface area contributed by atoms with E-state index >= 15 is 4.39 Å². The summed E-state index contributed by atoms with van der Waals surface area (Å²) in [5, 5.41) is 23.1. The quantitative estimate of drug-likeness (QED) is 0.125. The number of ether oxygens (including phenoxy) is 2. The zero-order chi connectivity index (χ0) is 48.8. The Morgan fingerprint density at radius 2 is 1.69 bits per heavy atom. The second kappa shape index (κ2) is 17.4. The number of hydrogen-bond acceptors (Lipinski definition) is 16. The van der Waals surface area contributed by atoms with Gasteiger partial charge in [0, 0.05) is 54.3 Å². The Kier molecular flexibility index (Phi) is 11.2. The number of nitrogens with two attached hydrogens (primary N) is 1. The molecule has 19 heteroatoms. The van der Waals surface area contributed by atoms with Gasteiger partial charge in [-0.25, -0.2) is 14.4 Å². The Labute approximate surface area is 414 Å². The molecule has 3 aliphatic carbocycles. The van der Waals surface area contributed by atoms with Crippen LogP contribution in [0.1, 0.15) is 127 Å². The first kappa shape index (κ1) is 45.6. The second-order valence-electron chi connectivity index (χ2n) is 21.1. The number of likely N-dealkylation sites (tertiary alicyclic amines) is 1. The smallest absolute Gasteiger partial charge is 0.235 e. The van der Waals surface area contributed by atoms with Gasteiger partial charge >= 0.3 is 0 Å². The number of nitriles is 1. The molecule has 0 radical (unpaired) electrons. The number of amides is 2. The molecule has 5 aromatic heterocycles. The minimum Gasteiger partial charge on any atom is -0.477 e. The Balaban J connectivity index is 0.728. The number of aromatic nitrogens is 7. The van der Waals surface area contributed by atoms with E-state index in [1.807, 2.05) is 27.0 Å². The lowest BCUT2D eigenvalue weighted by molar-refractivity contribution is -0.134. The number of aryl methyl sites for hydroxylation is 4. The standard InChI is InChI=1S/C52H57FN12O5S/c1-29-45(30(2)57-28-56-29)69-41-24-40(59-48(60-41)44-31-6-4-10-52(46(31)70-62-44)11-5-7-38-42(52)34(25-54)47(55)71-38)68-27-51(12-13-51)26-64-18-14-50(15-19-64)16-20-65(21-17-50)37-23-36-33(22-35(37)53)43(61-63(36)3)32-8-9-39(66)58-49(32)67/h22-24,28,32H,4-21,26-27,55H2,1-3H3,(H,58,66,67)/t32?,52-/m0/s1. The van der Waals surface area contributed by atoms with E-state index in [0.29, 0.717) is 80.8 Å². The van der Waals surface area contributed by atoms with E-state index in [1.54, 1.807) is 10.7 Å². The predicted octanol–water partition coefficient (Wildman–Crippen LogP) is 7.89. The first-order valence-electron chi connectivity index (χ1n) is 25.1. The second-order valence-corrected chi connectivity index (χ2v) is 22.2. The SMILES string of the molecule is Cc1ncnc(C)c1Oc1cc(OCC2(CN3CCC4(CC3)CCN(c3cc5c(cc3F)c(C3CCC(=O)NC3=O)nn5C)CC4)CC2)nc(-c2noc3c2CCC[C@@]32CCCc3sc(N)c(C#N)c32)n1. The van der Waals surface area contributed by atoms with E-state index in [0.717, 1.165) is 137 Å². The largest absolute Gasteiger partial charge is 0.477 e. The fraction of sp³-hybridized carbons (Fsp3) is 0.519. The van der Waals surface area contributed by atoms with Crippen LogP contribution in [0.2, 0.25) is 0 Å². The number of carbonyl (C=O) groups excluding carboxylic acids is 2. The van der Waals surface area contributed by atoms with E-state index in [2.05, 4.69) is 41.4 Å². The molecular formula is C52H57FN12O5S. The van der Waals surface area contributed by atoms with Crippen molar-refractivity contribution in [1.82, 2.24) is 45.1 Å². The number of thiophene rings is 1. The molecule has 2 atom stereocenters. The molecule has 1 aromatic carbocycles. The normalized spacial score (nSPS) is 22.6. The maximum Gasteiger partial charge on any atom is 0.235 e. The maximum atomic E-state index is 16.0. The van der Waals surface area contributed by atoms with Crippen LogP contribution in [-0.2, 0) is 34.9 Å². The number of nitrogen functional groups attached to an aromatic ring is 1. The summed E-state index contributed by atoms with van der Waals surface area (Å²) in [6.45, 7) is 8.72. The zero-order valence-corrected chi connectivity index (χ0v) is 41.2. The van der Waals surface area contributed by atoms with Crippen LogP contribution in [0.15, 0.2) is 29.0 Å². The van der Waals surface area contributed by atoms with Gasteiger partial charge in [0.05, 0.1) is 57.9 Å². The molecule has 3 N–H and O–H groups in total. The van der Waals surface area contributed by atoms with Crippen LogP contribution in [-0.4, -0.2) is 90.9 Å². The summed E-state index contributed by atoms with van der Waals surface area (Å²) in [6, 6.07) is 7.54. The number of nitrogens with one attached hydrogen (secondary N) is 1. The number of hydrogen-bond donors (Lipinski definition) is 2. The van der Waals surface area contributed by atoms with Crippen molar-refractivity contribution >= 4 is 44.7 Å². The summed E-state index contributed by atoms with van der Waals surface area (Å²) in [6.07, 6.45) is 13.6. The number of imide groups is 1. The van der Waals surface area contributed by atoms with E-state index in [-0.39, 0.29) is 34.9 Å². The summed E-state index contributed by atoms with van der Waals surface area (Å²) in [7, 11) is 1.82. The van der Waals surface area contributed by atoms with Crippen molar-refractivity contribution in [3.63, 3.8) is 0 Å². The monoisotopic (exact) mass is 980 g/mol. The number of anilines is 2. The molecule has 368 valence electrons. The van der Waals surface area contributed by atoms with E-state index in [4.69, 9.17) is 29.7 Å². The Hall–Kier alpha value is -6.52. The van der Waals surface area contributed by atoms with Gasteiger partial charge in [-0.05, 0) is 134 Å². The maximum absolute atomic E-state index is 16.0. The number of carbonyl (C=O) groups is 2. The number of fused-ring (bicyclic) bond motifs is 5. The van der Waals surface area contributed by atoms with Gasteiger partial charge in [-0.3, -0.25) is 19.6 Å².